The van der Waals surface area contributed by atoms with Crippen LogP contribution in [0.15, 0.2) is 18.2 Å². The van der Waals surface area contributed by atoms with Crippen LogP contribution in [-0.4, -0.2) is 92.2 Å². The van der Waals surface area contributed by atoms with E-state index in [2.05, 4.69) is 4.90 Å². The Hall–Kier alpha value is -2.81. The summed E-state index contributed by atoms with van der Waals surface area (Å²) in [6, 6.07) is 5.55. The molecular formula is C27H37N3O6. The van der Waals surface area contributed by atoms with Crippen LogP contribution in [0.4, 0.5) is 4.79 Å². The van der Waals surface area contributed by atoms with Gasteiger partial charge in [-0.3, -0.25) is 4.79 Å². The summed E-state index contributed by atoms with van der Waals surface area (Å²) < 4.78 is 16.6. The lowest BCUT2D eigenvalue weighted by molar-refractivity contribution is -0.137. The molecule has 1 saturated carbocycles. The lowest BCUT2D eigenvalue weighted by atomic mass is 9.74. The predicted octanol–water partition coefficient (Wildman–Crippen LogP) is 3.02. The summed E-state index contributed by atoms with van der Waals surface area (Å²) in [5.41, 5.74) is 0.792. The molecule has 1 aliphatic carbocycles. The number of rotatable bonds is 6. The van der Waals surface area contributed by atoms with Crippen LogP contribution in [-0.2, 0) is 19.9 Å². The van der Waals surface area contributed by atoms with E-state index in [1.807, 2.05) is 24.1 Å². The van der Waals surface area contributed by atoms with Gasteiger partial charge in [0.15, 0.2) is 0 Å². The van der Waals surface area contributed by atoms with Crippen LogP contribution in [0.2, 0.25) is 0 Å². The standard InChI is InChI=1S/C27H37N3O6/c1-28(14-15-29-12-4-3-5-13-29)24(31)19-8-10-27(11-9-19)23-7-6-20(16-22(23)25(32)36-27)35-21-17-30(18-21)26(33)34-2/h6-7,16,19,21H,3-5,8-15,17-18H2,1-2H3. The SMILES string of the molecule is COC(=O)N1CC(Oc2ccc3c(c2)C(=O)OC32CCC(C(=O)N(C)CCN3CCCCC3)CC2)C1. The molecule has 0 N–H and O–H groups in total. The minimum Gasteiger partial charge on any atom is -0.487 e. The van der Waals surface area contributed by atoms with Crippen molar-refractivity contribution in [2.45, 2.75) is 56.7 Å². The Morgan fingerprint density at radius 3 is 2.56 bits per heavy atom. The highest BCUT2D eigenvalue weighted by atomic mass is 16.6. The molecule has 36 heavy (non-hydrogen) atoms. The summed E-state index contributed by atoms with van der Waals surface area (Å²) in [7, 11) is 3.27. The molecule has 1 spiro atoms. The third-order valence-electron chi connectivity index (χ3n) is 8.29. The van der Waals surface area contributed by atoms with Crippen molar-refractivity contribution in [3.05, 3.63) is 29.3 Å². The van der Waals surface area contributed by atoms with Crippen molar-refractivity contribution in [2.75, 3.05) is 53.4 Å². The first kappa shape index (κ1) is 24.9. The van der Waals surface area contributed by atoms with Gasteiger partial charge in [-0.05, 0) is 63.7 Å². The molecule has 2 amide bonds. The third-order valence-corrected chi connectivity index (χ3v) is 8.29. The summed E-state index contributed by atoms with van der Waals surface area (Å²) in [6.45, 7) is 4.89. The van der Waals surface area contributed by atoms with Gasteiger partial charge in [0.05, 0.1) is 25.8 Å². The molecule has 0 aromatic heterocycles. The smallest absolute Gasteiger partial charge is 0.409 e. The number of benzene rings is 1. The number of hydrogen-bond donors (Lipinski definition) is 0. The van der Waals surface area contributed by atoms with Crippen LogP contribution in [0.5, 0.6) is 5.75 Å². The molecule has 1 aromatic rings. The Kier molecular flexibility index (Phi) is 7.10. The Labute approximate surface area is 212 Å². The number of carbonyl (C=O) groups is 3. The zero-order valence-electron chi connectivity index (χ0n) is 21.4. The minimum absolute atomic E-state index is 0.0243. The number of likely N-dealkylation sites (tertiary alicyclic amines) is 2. The lowest BCUT2D eigenvalue weighted by Crippen LogP contribution is -2.56. The topological polar surface area (TPSA) is 88.6 Å². The number of piperidine rings is 1. The predicted molar refractivity (Wildman–Crippen MR) is 132 cm³/mol. The number of methoxy groups -OCH3 is 1. The fraction of sp³-hybridized carbons (Fsp3) is 0.667. The maximum Gasteiger partial charge on any atom is 0.409 e. The highest BCUT2D eigenvalue weighted by Crippen LogP contribution is 2.49. The number of ether oxygens (including phenoxy) is 3. The number of amides is 2. The summed E-state index contributed by atoms with van der Waals surface area (Å²) in [4.78, 5) is 43.3. The van der Waals surface area contributed by atoms with Crippen molar-refractivity contribution in [1.29, 1.82) is 0 Å². The first-order valence-electron chi connectivity index (χ1n) is 13.2. The molecule has 4 aliphatic rings. The van der Waals surface area contributed by atoms with E-state index in [0.717, 1.165) is 31.7 Å². The normalized spacial score (nSPS) is 26.2. The van der Waals surface area contributed by atoms with Crippen molar-refractivity contribution >= 4 is 18.0 Å². The highest BCUT2D eigenvalue weighted by Gasteiger charge is 2.49. The van der Waals surface area contributed by atoms with Crippen LogP contribution >= 0.6 is 0 Å². The second-order valence-electron chi connectivity index (χ2n) is 10.6. The monoisotopic (exact) mass is 499 g/mol. The van der Waals surface area contributed by atoms with E-state index < -0.39 is 5.60 Å². The molecule has 3 aliphatic heterocycles. The van der Waals surface area contributed by atoms with Gasteiger partial charge < -0.3 is 28.9 Å². The van der Waals surface area contributed by atoms with Gasteiger partial charge in [-0.1, -0.05) is 12.5 Å². The zero-order chi connectivity index (χ0) is 25.3. The highest BCUT2D eigenvalue weighted by molar-refractivity contribution is 5.95. The maximum atomic E-state index is 13.1. The molecule has 3 fully saturated rings. The molecule has 0 radical (unpaired) electrons. The van der Waals surface area contributed by atoms with Crippen LogP contribution < -0.4 is 4.74 Å². The van der Waals surface area contributed by atoms with Gasteiger partial charge in [-0.25, -0.2) is 9.59 Å². The van der Waals surface area contributed by atoms with Crippen LogP contribution in [0.3, 0.4) is 0 Å². The number of carbonyl (C=O) groups excluding carboxylic acids is 3. The van der Waals surface area contributed by atoms with E-state index in [4.69, 9.17) is 14.2 Å². The van der Waals surface area contributed by atoms with Crippen LogP contribution in [0, 0.1) is 5.92 Å². The molecule has 5 rings (SSSR count). The van der Waals surface area contributed by atoms with Crippen LogP contribution in [0.25, 0.3) is 0 Å². The third kappa shape index (κ3) is 4.90. The molecular weight excluding hydrogens is 462 g/mol. The van der Waals surface area contributed by atoms with Gasteiger partial charge >= 0.3 is 12.1 Å². The fourth-order valence-corrected chi connectivity index (χ4v) is 6.03. The van der Waals surface area contributed by atoms with Gasteiger partial charge in [0.25, 0.3) is 0 Å². The second kappa shape index (κ2) is 10.3. The van der Waals surface area contributed by atoms with Crippen LogP contribution in [0.1, 0.15) is 60.9 Å². The number of fused-ring (bicyclic) bond motifs is 2. The summed E-state index contributed by atoms with van der Waals surface area (Å²) in [6.07, 6.45) is 6.06. The van der Waals surface area contributed by atoms with E-state index in [1.54, 1.807) is 11.0 Å². The lowest BCUT2D eigenvalue weighted by Gasteiger charge is -2.38. The van der Waals surface area contributed by atoms with Crippen molar-refractivity contribution in [3.63, 3.8) is 0 Å². The van der Waals surface area contributed by atoms with E-state index in [-0.39, 0.29) is 30.0 Å². The van der Waals surface area contributed by atoms with E-state index in [1.165, 1.54) is 26.4 Å². The van der Waals surface area contributed by atoms with E-state index in [0.29, 0.717) is 50.1 Å². The average Bonchev–Trinajstić information content (AvgIpc) is 3.15. The molecule has 196 valence electrons. The summed E-state index contributed by atoms with van der Waals surface area (Å²) in [5, 5.41) is 0. The first-order valence-corrected chi connectivity index (χ1v) is 13.2. The minimum atomic E-state index is -0.647. The quantitative estimate of drug-likeness (QED) is 0.556. The maximum absolute atomic E-state index is 13.1. The molecule has 9 nitrogen and oxygen atoms in total. The van der Waals surface area contributed by atoms with Gasteiger partial charge in [0, 0.05) is 31.6 Å². The first-order chi connectivity index (χ1) is 17.4. The van der Waals surface area contributed by atoms with Crippen molar-refractivity contribution < 1.29 is 28.6 Å². The summed E-state index contributed by atoms with van der Waals surface area (Å²) in [5.74, 6) is 0.445. The average molecular weight is 500 g/mol. The number of likely N-dealkylation sites (N-methyl/N-ethyl adjacent to an activating group) is 1. The Bertz CT molecular complexity index is 993. The summed E-state index contributed by atoms with van der Waals surface area (Å²) >= 11 is 0. The number of nitrogens with zero attached hydrogens (tertiary/aromatic N) is 3. The molecule has 0 atom stereocenters. The number of esters is 1. The molecule has 3 heterocycles. The molecule has 9 heteroatoms. The van der Waals surface area contributed by atoms with Crippen molar-refractivity contribution in [2.24, 2.45) is 5.92 Å². The number of hydrogen-bond acceptors (Lipinski definition) is 7. The van der Waals surface area contributed by atoms with Crippen molar-refractivity contribution in [1.82, 2.24) is 14.7 Å². The Morgan fingerprint density at radius 2 is 1.86 bits per heavy atom. The second-order valence-corrected chi connectivity index (χ2v) is 10.6. The van der Waals surface area contributed by atoms with Gasteiger partial charge in [0.1, 0.15) is 17.5 Å². The Morgan fingerprint density at radius 1 is 1.14 bits per heavy atom. The van der Waals surface area contributed by atoms with Crippen molar-refractivity contribution in [3.8, 4) is 5.75 Å². The van der Waals surface area contributed by atoms with E-state index in [9.17, 15) is 14.4 Å². The molecule has 2 saturated heterocycles. The van der Waals surface area contributed by atoms with Gasteiger partial charge in [-0.15, -0.1) is 0 Å². The Balaban J connectivity index is 1.15. The molecule has 1 aromatic carbocycles. The molecule has 0 bridgehead atoms. The van der Waals surface area contributed by atoms with E-state index >= 15 is 0 Å². The van der Waals surface area contributed by atoms with Gasteiger partial charge in [-0.2, -0.15) is 0 Å². The molecule has 0 unspecified atom stereocenters. The zero-order valence-corrected chi connectivity index (χ0v) is 21.4. The fourth-order valence-electron chi connectivity index (χ4n) is 6.03. The van der Waals surface area contributed by atoms with Gasteiger partial charge in [0.2, 0.25) is 5.91 Å². The largest absolute Gasteiger partial charge is 0.487 e.